The molecule has 0 heteroatoms. The van der Waals surface area contributed by atoms with Crippen LogP contribution in [0.3, 0.4) is 0 Å². The Bertz CT molecular complexity index is 651. The van der Waals surface area contributed by atoms with Crippen LogP contribution in [0.25, 0.3) is 0 Å². The molecule has 0 saturated heterocycles. The predicted molar refractivity (Wildman–Crippen MR) is 136 cm³/mol. The van der Waals surface area contributed by atoms with Crippen LogP contribution in [-0.4, -0.2) is 0 Å². The van der Waals surface area contributed by atoms with Crippen LogP contribution < -0.4 is 0 Å². The van der Waals surface area contributed by atoms with E-state index in [2.05, 4.69) is 55.0 Å². The molecule has 0 spiro atoms. The molecule has 0 heterocycles. The molecule has 0 aliphatic heterocycles. The summed E-state index contributed by atoms with van der Waals surface area (Å²) < 4.78 is 0. The molecule has 0 aromatic rings. The van der Waals surface area contributed by atoms with Gasteiger partial charge in [-0.2, -0.15) is 0 Å². The molecule has 9 atom stereocenters. The molecule has 178 valence electrons. The molecule has 0 amide bonds. The second-order valence-electron chi connectivity index (χ2n) is 14.6. The lowest BCUT2D eigenvalue weighted by molar-refractivity contribution is -0.138. The summed E-state index contributed by atoms with van der Waals surface area (Å²) in [7, 11) is 0. The van der Waals surface area contributed by atoms with Crippen molar-refractivity contribution in [2.75, 3.05) is 0 Å². The smallest absolute Gasteiger partial charge is 0.0238 e. The number of rotatable bonds is 5. The summed E-state index contributed by atoms with van der Waals surface area (Å²) in [5.74, 6) is 6.81. The van der Waals surface area contributed by atoms with Crippen LogP contribution in [0.4, 0.5) is 0 Å². The summed E-state index contributed by atoms with van der Waals surface area (Å²) in [5, 5.41) is 0. The Hall–Kier alpha value is -0.260. The second kappa shape index (κ2) is 8.51. The fraction of sp³-hybridized carbons (Fsp3) is 0.935. The van der Waals surface area contributed by atoms with Crippen molar-refractivity contribution in [3.05, 3.63) is 12.2 Å². The highest BCUT2D eigenvalue weighted by atomic mass is 14.7. The van der Waals surface area contributed by atoms with Crippen molar-refractivity contribution in [3.8, 4) is 0 Å². The first-order valence-electron chi connectivity index (χ1n) is 14.1. The van der Waals surface area contributed by atoms with Gasteiger partial charge in [-0.25, -0.2) is 0 Å². The molecule has 31 heavy (non-hydrogen) atoms. The molecule has 0 aromatic carbocycles. The maximum absolute atomic E-state index is 4.45. The van der Waals surface area contributed by atoms with Crippen molar-refractivity contribution in [1.29, 1.82) is 0 Å². The minimum atomic E-state index is 0.381. The minimum Gasteiger partial charge on any atom is -0.0998 e. The lowest BCUT2D eigenvalue weighted by Crippen LogP contribution is -2.55. The minimum absolute atomic E-state index is 0.381. The Morgan fingerprint density at radius 3 is 2.45 bits per heavy atom. The van der Waals surface area contributed by atoms with Gasteiger partial charge in [0.2, 0.25) is 0 Å². The van der Waals surface area contributed by atoms with E-state index in [1.807, 2.05) is 0 Å². The summed E-state index contributed by atoms with van der Waals surface area (Å²) in [6, 6.07) is 0. The van der Waals surface area contributed by atoms with Gasteiger partial charge in [0.05, 0.1) is 0 Å². The van der Waals surface area contributed by atoms with Crippen LogP contribution >= 0.6 is 0 Å². The fourth-order valence-corrected chi connectivity index (χ4v) is 10.1. The van der Waals surface area contributed by atoms with E-state index in [4.69, 9.17) is 0 Å². The molecule has 4 saturated carbocycles. The Morgan fingerprint density at radius 2 is 1.74 bits per heavy atom. The van der Waals surface area contributed by atoms with E-state index >= 15 is 0 Å². The van der Waals surface area contributed by atoms with Crippen molar-refractivity contribution in [2.45, 2.75) is 126 Å². The summed E-state index contributed by atoms with van der Waals surface area (Å²) in [6.07, 6.45) is 17.5. The monoisotopic (exact) mass is 426 g/mol. The van der Waals surface area contributed by atoms with Gasteiger partial charge in [-0.1, -0.05) is 73.5 Å². The van der Waals surface area contributed by atoms with E-state index in [9.17, 15) is 0 Å². The number of hydrogen-bond acceptors (Lipinski definition) is 0. The number of fused-ring (bicyclic) bond motifs is 5. The normalized spacial score (nSPS) is 46.0. The van der Waals surface area contributed by atoms with Crippen molar-refractivity contribution in [2.24, 2.45) is 57.7 Å². The van der Waals surface area contributed by atoms with Crippen LogP contribution in [0, 0.1) is 57.7 Å². The first-order valence-corrected chi connectivity index (χ1v) is 14.1. The highest BCUT2D eigenvalue weighted by Gasteiger charge is 2.62. The van der Waals surface area contributed by atoms with Gasteiger partial charge in [0.1, 0.15) is 0 Å². The van der Waals surface area contributed by atoms with Crippen molar-refractivity contribution in [3.63, 3.8) is 0 Å². The molecule has 0 aromatic heterocycles. The van der Waals surface area contributed by atoms with E-state index in [1.165, 1.54) is 69.8 Å². The molecule has 0 N–H and O–H groups in total. The second-order valence-corrected chi connectivity index (χ2v) is 14.6. The summed E-state index contributed by atoms with van der Waals surface area (Å²) >= 11 is 0. The van der Waals surface area contributed by atoms with Gasteiger partial charge >= 0.3 is 0 Å². The first-order chi connectivity index (χ1) is 14.5. The quantitative estimate of drug-likeness (QED) is 0.384. The molecule has 4 aliphatic carbocycles. The molecule has 4 fully saturated rings. The largest absolute Gasteiger partial charge is 0.0998 e. The summed E-state index contributed by atoms with van der Waals surface area (Å²) in [6.45, 7) is 22.3. The van der Waals surface area contributed by atoms with Gasteiger partial charge in [0.25, 0.3) is 0 Å². The molecule has 0 nitrogen and oxygen atoms in total. The van der Waals surface area contributed by atoms with Crippen LogP contribution in [0.2, 0.25) is 0 Å². The van der Waals surface area contributed by atoms with Crippen molar-refractivity contribution < 1.29 is 0 Å². The molecule has 0 radical (unpaired) electrons. The summed E-state index contributed by atoms with van der Waals surface area (Å²) in [5.41, 5.74) is 3.13. The maximum atomic E-state index is 4.45. The highest BCUT2D eigenvalue weighted by Crippen LogP contribution is 2.69. The van der Waals surface area contributed by atoms with Crippen LogP contribution in [0.5, 0.6) is 0 Å². The van der Waals surface area contributed by atoms with Crippen LogP contribution in [-0.2, 0) is 0 Å². The zero-order valence-electron chi connectivity index (χ0n) is 22.2. The topological polar surface area (TPSA) is 0 Å². The van der Waals surface area contributed by atoms with E-state index in [0.717, 1.165) is 41.4 Å². The average molecular weight is 427 g/mol. The van der Waals surface area contributed by atoms with Crippen LogP contribution in [0.15, 0.2) is 12.2 Å². The third-order valence-electron chi connectivity index (χ3n) is 11.7. The Kier molecular flexibility index (Phi) is 6.55. The predicted octanol–water partition coefficient (Wildman–Crippen LogP) is 9.69. The molecular formula is C31H54. The van der Waals surface area contributed by atoms with Gasteiger partial charge in [0.15, 0.2) is 0 Å². The summed E-state index contributed by atoms with van der Waals surface area (Å²) in [4.78, 5) is 0. The molecular weight excluding hydrogens is 372 g/mol. The lowest BCUT2D eigenvalue weighted by Gasteiger charge is -2.63. The third kappa shape index (κ3) is 4.21. The standard InChI is InChI=1S/C31H54/c1-21(20-29(4,5)6)12-13-22(2)26-16-17-27-25-15-14-24-11-9-10-18-30(24,7)28(25)19-23(3)31(26,27)8/h22-28H,1,9-20H2,2-8H3. The zero-order valence-corrected chi connectivity index (χ0v) is 22.2. The lowest BCUT2D eigenvalue weighted by atomic mass is 9.42. The molecule has 0 bridgehead atoms. The van der Waals surface area contributed by atoms with Gasteiger partial charge in [0, 0.05) is 0 Å². The van der Waals surface area contributed by atoms with Crippen molar-refractivity contribution in [1.82, 2.24) is 0 Å². The van der Waals surface area contributed by atoms with E-state index in [-0.39, 0.29) is 0 Å². The SMILES string of the molecule is C=C(CCC(C)C1CCC2C3CCC4CCCCC4(C)C3CC(C)C12C)CC(C)(C)C. The Balaban J connectivity index is 1.46. The molecule has 4 rings (SSSR count). The number of hydrogen-bond donors (Lipinski definition) is 0. The highest BCUT2D eigenvalue weighted by molar-refractivity contribution is 5.11. The molecule has 4 aliphatic rings. The maximum Gasteiger partial charge on any atom is -0.0238 e. The average Bonchev–Trinajstić information content (AvgIpc) is 3.04. The van der Waals surface area contributed by atoms with Gasteiger partial charge in [-0.3, -0.25) is 0 Å². The Labute approximate surface area is 195 Å². The van der Waals surface area contributed by atoms with Gasteiger partial charge in [-0.15, -0.1) is 0 Å². The van der Waals surface area contributed by atoms with Gasteiger partial charge in [-0.05, 0) is 122 Å². The van der Waals surface area contributed by atoms with E-state index in [1.54, 1.807) is 12.8 Å². The van der Waals surface area contributed by atoms with E-state index < -0.39 is 0 Å². The first kappa shape index (κ1) is 23.9. The Morgan fingerprint density at radius 1 is 1.00 bits per heavy atom. The van der Waals surface area contributed by atoms with Gasteiger partial charge < -0.3 is 0 Å². The zero-order chi connectivity index (χ0) is 22.6. The van der Waals surface area contributed by atoms with E-state index in [0.29, 0.717) is 16.2 Å². The fourth-order valence-electron chi connectivity index (χ4n) is 10.1. The third-order valence-corrected chi connectivity index (χ3v) is 11.7. The van der Waals surface area contributed by atoms with Crippen LogP contribution in [0.1, 0.15) is 126 Å². The number of allylic oxidation sites excluding steroid dienone is 1. The molecule has 9 unspecified atom stereocenters. The van der Waals surface area contributed by atoms with Crippen molar-refractivity contribution >= 4 is 0 Å².